The Morgan fingerprint density at radius 2 is 2.17 bits per heavy atom. The van der Waals surface area contributed by atoms with Crippen molar-refractivity contribution in [3.63, 3.8) is 0 Å². The van der Waals surface area contributed by atoms with E-state index in [-0.39, 0.29) is 17.5 Å². The van der Waals surface area contributed by atoms with Gasteiger partial charge in [-0.05, 0) is 49.2 Å². The van der Waals surface area contributed by atoms with Gasteiger partial charge in [0.05, 0.1) is 10.9 Å². The number of hydrogen-bond donors (Lipinski definition) is 2. The zero-order chi connectivity index (χ0) is 16.6. The number of amides is 1. The molecule has 2 N–H and O–H groups in total. The minimum Gasteiger partial charge on any atom is -0.349 e. The van der Waals surface area contributed by atoms with Crippen LogP contribution in [0, 0.1) is 10.7 Å². The molecule has 0 radical (unpaired) electrons. The van der Waals surface area contributed by atoms with Crippen LogP contribution in [0.3, 0.4) is 0 Å². The van der Waals surface area contributed by atoms with Gasteiger partial charge in [-0.15, -0.1) is 0 Å². The molecule has 0 saturated heterocycles. The van der Waals surface area contributed by atoms with Crippen molar-refractivity contribution in [3.05, 3.63) is 38.9 Å². The Kier molecular flexibility index (Phi) is 4.35. The van der Waals surface area contributed by atoms with Crippen molar-refractivity contribution in [1.82, 2.24) is 14.9 Å². The number of carbonyl (C=O) groups is 1. The largest absolute Gasteiger partial charge is 0.349 e. The number of fused-ring (bicyclic) bond motifs is 1. The third-order valence-corrected chi connectivity index (χ3v) is 5.01. The lowest BCUT2D eigenvalue weighted by molar-refractivity contribution is 0.0921. The third kappa shape index (κ3) is 3.22. The smallest absolute Gasteiger partial charge is 0.261 e. The third-order valence-electron chi connectivity index (χ3n) is 4.63. The van der Waals surface area contributed by atoms with Crippen LogP contribution in [-0.2, 0) is 7.05 Å². The van der Waals surface area contributed by atoms with Gasteiger partial charge in [0.25, 0.3) is 11.5 Å². The first-order chi connectivity index (χ1) is 11.0. The molecule has 2 unspecified atom stereocenters. The number of rotatable bonds is 2. The second-order valence-electron chi connectivity index (χ2n) is 6.50. The number of nitrogens with zero attached hydrogens (tertiary/aromatic N) is 1. The molecule has 1 amide bonds. The second kappa shape index (κ2) is 6.28. The van der Waals surface area contributed by atoms with Crippen LogP contribution >= 0.6 is 12.2 Å². The molecule has 0 aliphatic heterocycles. The molecule has 23 heavy (non-hydrogen) atoms. The lowest BCUT2D eigenvalue weighted by atomic mass is 9.87. The summed E-state index contributed by atoms with van der Waals surface area (Å²) in [7, 11) is 1.63. The zero-order valence-electron chi connectivity index (χ0n) is 13.4. The number of carbonyl (C=O) groups excluding carboxylic acids is 1. The molecule has 1 fully saturated rings. The van der Waals surface area contributed by atoms with E-state index >= 15 is 0 Å². The van der Waals surface area contributed by atoms with Crippen LogP contribution in [0.5, 0.6) is 0 Å². The fraction of sp³-hybridized carbons (Fsp3) is 0.471. The summed E-state index contributed by atoms with van der Waals surface area (Å²) in [4.78, 5) is 27.6. The molecule has 1 aliphatic carbocycles. The molecular formula is C17H21N3O2S. The number of benzene rings is 1. The van der Waals surface area contributed by atoms with E-state index in [0.29, 0.717) is 27.2 Å². The highest BCUT2D eigenvalue weighted by Gasteiger charge is 2.21. The van der Waals surface area contributed by atoms with Crippen molar-refractivity contribution >= 4 is 29.0 Å². The van der Waals surface area contributed by atoms with E-state index in [9.17, 15) is 9.59 Å². The van der Waals surface area contributed by atoms with Gasteiger partial charge in [-0.1, -0.05) is 19.8 Å². The highest BCUT2D eigenvalue weighted by Crippen LogP contribution is 2.23. The van der Waals surface area contributed by atoms with Gasteiger partial charge in [0.2, 0.25) is 0 Å². The summed E-state index contributed by atoms with van der Waals surface area (Å²) in [5, 5.41) is 3.64. The molecule has 0 spiro atoms. The minimum absolute atomic E-state index is 0.0917. The molecule has 2 aromatic rings. The van der Waals surface area contributed by atoms with Gasteiger partial charge in [0, 0.05) is 18.7 Å². The predicted molar refractivity (Wildman–Crippen MR) is 93.3 cm³/mol. The number of nitrogens with one attached hydrogen (secondary N) is 2. The van der Waals surface area contributed by atoms with Gasteiger partial charge >= 0.3 is 0 Å². The molecule has 3 rings (SSSR count). The Morgan fingerprint density at radius 3 is 2.91 bits per heavy atom. The first-order valence-electron chi connectivity index (χ1n) is 7.99. The Labute approximate surface area is 139 Å². The molecule has 122 valence electrons. The van der Waals surface area contributed by atoms with E-state index in [0.717, 1.165) is 19.3 Å². The van der Waals surface area contributed by atoms with E-state index in [1.807, 2.05) is 0 Å². The number of aromatic amines is 1. The van der Waals surface area contributed by atoms with Gasteiger partial charge in [-0.3, -0.25) is 14.2 Å². The summed E-state index contributed by atoms with van der Waals surface area (Å²) in [6, 6.07) is 5.32. The monoisotopic (exact) mass is 331 g/mol. The maximum absolute atomic E-state index is 12.5. The van der Waals surface area contributed by atoms with Crippen molar-refractivity contribution in [2.24, 2.45) is 13.0 Å². The van der Waals surface area contributed by atoms with Crippen molar-refractivity contribution < 1.29 is 4.79 Å². The van der Waals surface area contributed by atoms with E-state index in [1.54, 1.807) is 25.2 Å². The van der Waals surface area contributed by atoms with Crippen molar-refractivity contribution in [2.45, 2.75) is 38.6 Å². The molecule has 1 heterocycles. The van der Waals surface area contributed by atoms with Crippen LogP contribution in [0.1, 0.15) is 43.0 Å². The lowest BCUT2D eigenvalue weighted by Gasteiger charge is -2.27. The molecular weight excluding hydrogens is 310 g/mol. The summed E-state index contributed by atoms with van der Waals surface area (Å²) in [5.74, 6) is 0.566. The van der Waals surface area contributed by atoms with Crippen LogP contribution in [0.2, 0.25) is 0 Å². The second-order valence-corrected chi connectivity index (χ2v) is 6.88. The Bertz CT molecular complexity index is 868. The first-order valence-corrected chi connectivity index (χ1v) is 8.40. The zero-order valence-corrected chi connectivity index (χ0v) is 14.2. The summed E-state index contributed by atoms with van der Waals surface area (Å²) in [6.45, 7) is 2.23. The summed E-state index contributed by atoms with van der Waals surface area (Å²) in [5.41, 5.74) is 0.995. The predicted octanol–water partition coefficient (Wildman–Crippen LogP) is 2.90. The maximum atomic E-state index is 12.5. The van der Waals surface area contributed by atoms with Crippen LogP contribution in [0.4, 0.5) is 0 Å². The quantitative estimate of drug-likeness (QED) is 0.832. The average molecular weight is 331 g/mol. The van der Waals surface area contributed by atoms with Gasteiger partial charge in [0.15, 0.2) is 4.77 Å². The fourth-order valence-electron chi connectivity index (χ4n) is 3.28. The normalized spacial score (nSPS) is 21.3. The van der Waals surface area contributed by atoms with Crippen molar-refractivity contribution in [1.29, 1.82) is 0 Å². The number of aromatic nitrogens is 2. The van der Waals surface area contributed by atoms with Gasteiger partial charge in [-0.2, -0.15) is 0 Å². The standard InChI is InChI=1S/C17H21N3O2S/c1-10-4-3-5-12(8-10)18-15(21)11-6-7-13-14(9-11)19-17(23)20(2)16(13)22/h6-7,9-10,12H,3-5,8H2,1-2H3,(H,18,21)(H,19,23). The van der Waals surface area contributed by atoms with Crippen LogP contribution in [0.25, 0.3) is 10.9 Å². The number of H-pyrrole nitrogens is 1. The van der Waals surface area contributed by atoms with Gasteiger partial charge in [-0.25, -0.2) is 0 Å². The van der Waals surface area contributed by atoms with Crippen LogP contribution in [0.15, 0.2) is 23.0 Å². The molecule has 2 atom stereocenters. The van der Waals surface area contributed by atoms with Gasteiger partial charge in [0.1, 0.15) is 0 Å². The average Bonchev–Trinajstić information content (AvgIpc) is 2.52. The maximum Gasteiger partial charge on any atom is 0.261 e. The number of hydrogen-bond acceptors (Lipinski definition) is 3. The van der Waals surface area contributed by atoms with E-state index in [1.165, 1.54) is 11.0 Å². The molecule has 6 heteroatoms. The van der Waals surface area contributed by atoms with Crippen LogP contribution < -0.4 is 10.9 Å². The minimum atomic E-state index is -0.156. The highest BCUT2D eigenvalue weighted by atomic mass is 32.1. The molecule has 0 bridgehead atoms. The Hall–Kier alpha value is -1.95. The molecule has 5 nitrogen and oxygen atoms in total. The Morgan fingerprint density at radius 1 is 1.39 bits per heavy atom. The van der Waals surface area contributed by atoms with Crippen molar-refractivity contribution in [2.75, 3.05) is 0 Å². The molecule has 1 aromatic heterocycles. The first kappa shape index (κ1) is 15.9. The van der Waals surface area contributed by atoms with E-state index < -0.39 is 0 Å². The molecule has 1 aliphatic rings. The van der Waals surface area contributed by atoms with E-state index in [2.05, 4.69) is 17.2 Å². The summed E-state index contributed by atoms with van der Waals surface area (Å²) < 4.78 is 1.74. The van der Waals surface area contributed by atoms with E-state index in [4.69, 9.17) is 12.2 Å². The van der Waals surface area contributed by atoms with Crippen LogP contribution in [-0.4, -0.2) is 21.5 Å². The van der Waals surface area contributed by atoms with Crippen molar-refractivity contribution in [3.8, 4) is 0 Å². The fourth-order valence-corrected chi connectivity index (χ4v) is 3.47. The lowest BCUT2D eigenvalue weighted by Crippen LogP contribution is -2.38. The van der Waals surface area contributed by atoms with Gasteiger partial charge < -0.3 is 10.3 Å². The highest BCUT2D eigenvalue weighted by molar-refractivity contribution is 7.71. The topological polar surface area (TPSA) is 66.9 Å². The molecule has 1 saturated carbocycles. The molecule has 1 aromatic carbocycles. The summed E-state index contributed by atoms with van der Waals surface area (Å²) in [6.07, 6.45) is 4.46. The summed E-state index contributed by atoms with van der Waals surface area (Å²) >= 11 is 5.13. The SMILES string of the molecule is CC1CCCC(NC(=O)c2ccc3c(=O)n(C)c(=S)[nH]c3c2)C1. The Balaban J connectivity index is 1.88.